The van der Waals surface area contributed by atoms with Crippen LogP contribution in [0.2, 0.25) is 0 Å². The standard InChI is InChI=1S/C23H23N5O2/c1-13-6-4-5-7-18(13)27-23(24-3)28-20-14(2)17-11-8-15(22(29)30)12-19(17)26-21(20)25-16-9-10-16/h4-8,11-12,16H,2,9-10H2,1,3H3,(H,24,27)(H,25,26)(H,29,30). The summed E-state index contributed by atoms with van der Waals surface area (Å²) in [5.41, 5.74) is 4.94. The van der Waals surface area contributed by atoms with Gasteiger partial charge in [-0.25, -0.2) is 9.79 Å². The van der Waals surface area contributed by atoms with Crippen LogP contribution >= 0.6 is 0 Å². The van der Waals surface area contributed by atoms with Crippen molar-refractivity contribution in [3.8, 4) is 0 Å². The Bertz CT molecular complexity index is 1130. The summed E-state index contributed by atoms with van der Waals surface area (Å²) >= 11 is 0. The van der Waals surface area contributed by atoms with Gasteiger partial charge in [-0.2, -0.15) is 0 Å². The van der Waals surface area contributed by atoms with Crippen LogP contribution in [0.4, 0.5) is 11.4 Å². The number of nitrogens with zero attached hydrogens (tertiary/aromatic N) is 3. The molecule has 2 aromatic rings. The highest BCUT2D eigenvalue weighted by Gasteiger charge is 2.29. The van der Waals surface area contributed by atoms with Gasteiger partial charge in [0.25, 0.3) is 0 Å². The number of guanidine groups is 1. The number of fused-ring (bicyclic) bond motifs is 1. The molecule has 30 heavy (non-hydrogen) atoms. The minimum absolute atomic E-state index is 0.206. The van der Waals surface area contributed by atoms with Crippen molar-refractivity contribution in [2.45, 2.75) is 25.8 Å². The van der Waals surface area contributed by atoms with E-state index in [0.29, 0.717) is 28.8 Å². The van der Waals surface area contributed by atoms with Crippen LogP contribution in [-0.4, -0.2) is 41.7 Å². The molecular formula is C23H23N5O2. The van der Waals surface area contributed by atoms with E-state index < -0.39 is 5.97 Å². The van der Waals surface area contributed by atoms with Gasteiger partial charge in [0.15, 0.2) is 5.84 Å². The fourth-order valence-electron chi connectivity index (χ4n) is 3.17. The van der Waals surface area contributed by atoms with Crippen LogP contribution in [0.25, 0.3) is 5.57 Å². The molecule has 0 aromatic heterocycles. The predicted octanol–water partition coefficient (Wildman–Crippen LogP) is 4.23. The van der Waals surface area contributed by atoms with Crippen LogP contribution < -0.4 is 10.6 Å². The van der Waals surface area contributed by atoms with E-state index >= 15 is 0 Å². The number of hydrogen-bond acceptors (Lipinski definition) is 3. The molecule has 0 bridgehead atoms. The number of anilines is 2. The topological polar surface area (TPSA) is 98.4 Å². The molecule has 0 unspecified atom stereocenters. The molecule has 0 atom stereocenters. The highest BCUT2D eigenvalue weighted by molar-refractivity contribution is 6.63. The number of para-hydroxylation sites is 1. The van der Waals surface area contributed by atoms with E-state index in [1.807, 2.05) is 31.2 Å². The number of nitrogens with one attached hydrogen (secondary N) is 2. The van der Waals surface area contributed by atoms with Crippen molar-refractivity contribution < 1.29 is 9.90 Å². The molecular weight excluding hydrogens is 378 g/mol. The molecule has 0 amide bonds. The number of aromatic carboxylic acids is 1. The largest absolute Gasteiger partial charge is 0.478 e. The first-order valence-electron chi connectivity index (χ1n) is 9.76. The normalized spacial score (nSPS) is 18.9. The molecule has 0 saturated heterocycles. The van der Waals surface area contributed by atoms with Gasteiger partial charge in [-0.1, -0.05) is 30.8 Å². The zero-order valence-electron chi connectivity index (χ0n) is 16.9. The summed E-state index contributed by atoms with van der Waals surface area (Å²) in [6.07, 6.45) is 2.06. The van der Waals surface area contributed by atoms with Crippen LogP contribution in [0.15, 0.2) is 64.0 Å². The summed E-state index contributed by atoms with van der Waals surface area (Å²) in [4.78, 5) is 25.1. The van der Waals surface area contributed by atoms with Gasteiger partial charge in [0, 0.05) is 29.6 Å². The summed E-state index contributed by atoms with van der Waals surface area (Å²) in [5.74, 6) is 0.0508. The van der Waals surface area contributed by atoms with Crippen molar-refractivity contribution in [1.82, 2.24) is 0 Å². The Morgan fingerprint density at radius 2 is 2.00 bits per heavy atom. The zero-order chi connectivity index (χ0) is 21.3. The molecule has 4 rings (SSSR count). The van der Waals surface area contributed by atoms with Crippen molar-refractivity contribution in [2.75, 3.05) is 17.7 Å². The third kappa shape index (κ3) is 4.00. The summed E-state index contributed by atoms with van der Waals surface area (Å²) in [5, 5.41) is 15.8. The highest BCUT2D eigenvalue weighted by Crippen LogP contribution is 2.32. The molecule has 1 heterocycles. The van der Waals surface area contributed by atoms with Crippen molar-refractivity contribution in [2.24, 2.45) is 15.0 Å². The first-order chi connectivity index (χ1) is 14.5. The maximum Gasteiger partial charge on any atom is 0.335 e. The molecule has 0 spiro atoms. The quantitative estimate of drug-likeness (QED) is 0.529. The smallest absolute Gasteiger partial charge is 0.335 e. The third-order valence-corrected chi connectivity index (χ3v) is 5.03. The van der Waals surface area contributed by atoms with Crippen LogP contribution in [0.5, 0.6) is 0 Å². The molecule has 1 aliphatic carbocycles. The van der Waals surface area contributed by atoms with Gasteiger partial charge >= 0.3 is 5.97 Å². The lowest BCUT2D eigenvalue weighted by Gasteiger charge is -2.24. The maximum atomic E-state index is 11.4. The summed E-state index contributed by atoms with van der Waals surface area (Å²) in [7, 11) is 1.68. The second-order valence-electron chi connectivity index (χ2n) is 7.33. The monoisotopic (exact) mass is 401 g/mol. The molecule has 2 aliphatic rings. The van der Waals surface area contributed by atoms with E-state index in [1.54, 1.807) is 25.2 Å². The number of amidine groups is 1. The van der Waals surface area contributed by atoms with Gasteiger partial charge < -0.3 is 15.7 Å². The SMILES string of the molecule is C=C1C(=NC(=NC)Nc2ccccc2C)C(=NC2CC2)Nc2cc(C(=O)O)ccc21. The van der Waals surface area contributed by atoms with E-state index in [-0.39, 0.29) is 11.6 Å². The van der Waals surface area contributed by atoms with E-state index in [4.69, 9.17) is 9.98 Å². The number of aryl methyl sites for hydroxylation is 1. The van der Waals surface area contributed by atoms with Gasteiger partial charge in [0.05, 0.1) is 11.6 Å². The molecule has 152 valence electrons. The summed E-state index contributed by atoms with van der Waals surface area (Å²) in [6, 6.07) is 13.1. The Morgan fingerprint density at radius 3 is 2.67 bits per heavy atom. The number of carboxylic acids is 1. The molecule has 1 fully saturated rings. The lowest BCUT2D eigenvalue weighted by atomic mass is 9.94. The van der Waals surface area contributed by atoms with Gasteiger partial charge in [-0.15, -0.1) is 0 Å². The number of carbonyl (C=O) groups is 1. The fourth-order valence-corrected chi connectivity index (χ4v) is 3.17. The Labute approximate surface area is 175 Å². The number of benzene rings is 2. The number of rotatable bonds is 3. The second-order valence-corrected chi connectivity index (χ2v) is 7.33. The number of carboxylic acid groups (broad SMARTS) is 1. The summed E-state index contributed by atoms with van der Waals surface area (Å²) in [6.45, 7) is 6.23. The second kappa shape index (κ2) is 7.94. The fraction of sp³-hybridized carbons (Fsp3) is 0.217. The highest BCUT2D eigenvalue weighted by atomic mass is 16.4. The van der Waals surface area contributed by atoms with Crippen LogP contribution in [-0.2, 0) is 0 Å². The number of aliphatic imine (C=N–C) groups is 3. The lowest BCUT2D eigenvalue weighted by Crippen LogP contribution is -2.31. The Hall–Kier alpha value is -3.74. The van der Waals surface area contributed by atoms with Crippen LogP contribution in [0.3, 0.4) is 0 Å². The average Bonchev–Trinajstić information content (AvgIpc) is 3.55. The average molecular weight is 401 g/mol. The summed E-state index contributed by atoms with van der Waals surface area (Å²) < 4.78 is 0. The Balaban J connectivity index is 1.73. The molecule has 3 N–H and O–H groups in total. The van der Waals surface area contributed by atoms with Crippen LogP contribution in [0.1, 0.15) is 34.3 Å². The van der Waals surface area contributed by atoms with Crippen molar-refractivity contribution in [3.63, 3.8) is 0 Å². The minimum atomic E-state index is -0.979. The molecule has 1 aliphatic heterocycles. The van der Waals surface area contributed by atoms with Crippen molar-refractivity contribution in [1.29, 1.82) is 0 Å². The van der Waals surface area contributed by atoms with Crippen molar-refractivity contribution in [3.05, 3.63) is 65.7 Å². The molecule has 7 heteroatoms. The number of hydrogen-bond donors (Lipinski definition) is 3. The van der Waals surface area contributed by atoms with E-state index in [1.165, 1.54) is 0 Å². The van der Waals surface area contributed by atoms with Gasteiger partial charge in [0.1, 0.15) is 5.71 Å². The van der Waals surface area contributed by atoms with E-state index in [0.717, 1.165) is 29.7 Å². The van der Waals surface area contributed by atoms with Gasteiger partial charge in [0.2, 0.25) is 5.96 Å². The lowest BCUT2D eigenvalue weighted by molar-refractivity contribution is 0.0697. The zero-order valence-corrected chi connectivity index (χ0v) is 16.9. The predicted molar refractivity (Wildman–Crippen MR) is 122 cm³/mol. The maximum absolute atomic E-state index is 11.4. The molecule has 1 saturated carbocycles. The molecule has 2 aromatic carbocycles. The Kier molecular flexibility index (Phi) is 5.18. The minimum Gasteiger partial charge on any atom is -0.478 e. The van der Waals surface area contributed by atoms with E-state index in [9.17, 15) is 9.90 Å². The van der Waals surface area contributed by atoms with Gasteiger partial charge in [-0.05, 0) is 43.5 Å². The third-order valence-electron chi connectivity index (χ3n) is 5.03. The molecule has 0 radical (unpaired) electrons. The Morgan fingerprint density at radius 1 is 1.23 bits per heavy atom. The van der Waals surface area contributed by atoms with Gasteiger partial charge in [-0.3, -0.25) is 9.98 Å². The van der Waals surface area contributed by atoms with Crippen LogP contribution in [0, 0.1) is 6.92 Å². The van der Waals surface area contributed by atoms with E-state index in [2.05, 4.69) is 22.2 Å². The molecule has 7 nitrogen and oxygen atoms in total. The van der Waals surface area contributed by atoms with Crippen molar-refractivity contribution >= 4 is 40.4 Å². The first kappa shape index (κ1) is 19.6. The first-order valence-corrected chi connectivity index (χ1v) is 9.76.